The highest BCUT2D eigenvalue weighted by molar-refractivity contribution is 7.89. The van der Waals surface area contributed by atoms with E-state index in [1.165, 1.54) is 16.4 Å². The number of carbonyl (C=O) groups is 1. The molecule has 0 atom stereocenters. The summed E-state index contributed by atoms with van der Waals surface area (Å²) in [6.45, 7) is 3.30. The molecule has 4 rings (SSSR count). The minimum Gasteiger partial charge on any atom is -0.379 e. The maximum Gasteiger partial charge on any atom is 0.271 e. The largest absolute Gasteiger partial charge is 0.379 e. The van der Waals surface area contributed by atoms with E-state index in [4.69, 9.17) is 4.74 Å². The fourth-order valence-corrected chi connectivity index (χ4v) is 4.96. The van der Waals surface area contributed by atoms with Gasteiger partial charge in [-0.25, -0.2) is 13.8 Å². The summed E-state index contributed by atoms with van der Waals surface area (Å²) in [7, 11) is -3.70. The van der Waals surface area contributed by atoms with Crippen LogP contribution in [0.2, 0.25) is 0 Å². The molecule has 8 heteroatoms. The number of rotatable bonds is 6. The summed E-state index contributed by atoms with van der Waals surface area (Å²) < 4.78 is 32.5. The minimum atomic E-state index is -3.70. The number of hydrogen-bond acceptors (Lipinski definition) is 5. The van der Waals surface area contributed by atoms with Gasteiger partial charge in [0.2, 0.25) is 10.0 Å². The number of benzene rings is 3. The smallest absolute Gasteiger partial charge is 0.271 e. The first-order valence-electron chi connectivity index (χ1n) is 10.6. The second kappa shape index (κ2) is 10.1. The second-order valence-corrected chi connectivity index (χ2v) is 9.62. The molecule has 3 aromatic rings. The summed E-state index contributed by atoms with van der Waals surface area (Å²) in [6.07, 6.45) is 0. The average Bonchev–Trinajstić information content (AvgIpc) is 2.86. The molecule has 0 unspecified atom stereocenters. The Kier molecular flexibility index (Phi) is 6.98. The van der Waals surface area contributed by atoms with Gasteiger partial charge in [-0.3, -0.25) is 4.79 Å². The molecule has 0 radical (unpaired) electrons. The maximum absolute atomic E-state index is 12.9. The van der Waals surface area contributed by atoms with Crippen LogP contribution in [0.15, 0.2) is 88.9 Å². The van der Waals surface area contributed by atoms with Crippen molar-refractivity contribution < 1.29 is 17.9 Å². The molecule has 1 aliphatic heterocycles. The molecule has 0 saturated carbocycles. The zero-order valence-electron chi connectivity index (χ0n) is 18.3. The van der Waals surface area contributed by atoms with Crippen LogP contribution in [0.1, 0.15) is 27.0 Å². The van der Waals surface area contributed by atoms with Gasteiger partial charge >= 0.3 is 0 Å². The third kappa shape index (κ3) is 5.36. The number of morpholine rings is 1. The van der Waals surface area contributed by atoms with E-state index in [0.717, 1.165) is 16.7 Å². The Morgan fingerprint density at radius 2 is 1.52 bits per heavy atom. The molecule has 0 aliphatic carbocycles. The van der Waals surface area contributed by atoms with Gasteiger partial charge in [0.05, 0.1) is 23.8 Å². The number of hydrazone groups is 1. The van der Waals surface area contributed by atoms with Gasteiger partial charge in [-0.1, -0.05) is 66.2 Å². The zero-order chi connectivity index (χ0) is 23.3. The molecule has 0 spiro atoms. The number of carbonyl (C=O) groups excluding carboxylic acids is 1. The summed E-state index contributed by atoms with van der Waals surface area (Å²) in [4.78, 5) is 12.9. The fourth-order valence-electron chi connectivity index (χ4n) is 3.51. The van der Waals surface area contributed by atoms with E-state index in [0.29, 0.717) is 32.0 Å². The molecule has 33 heavy (non-hydrogen) atoms. The van der Waals surface area contributed by atoms with Gasteiger partial charge < -0.3 is 4.74 Å². The Hall–Kier alpha value is -3.33. The lowest BCUT2D eigenvalue weighted by Crippen LogP contribution is -2.40. The second-order valence-electron chi connectivity index (χ2n) is 7.68. The molecule has 7 nitrogen and oxygen atoms in total. The van der Waals surface area contributed by atoms with Gasteiger partial charge in [0, 0.05) is 29.8 Å². The van der Waals surface area contributed by atoms with Crippen LogP contribution in [0, 0.1) is 6.92 Å². The summed E-state index contributed by atoms with van der Waals surface area (Å²) in [5.41, 5.74) is 6.24. The van der Waals surface area contributed by atoms with Crippen LogP contribution >= 0.6 is 0 Å². The van der Waals surface area contributed by atoms with E-state index in [1.807, 2.05) is 61.5 Å². The average molecular weight is 464 g/mol. The van der Waals surface area contributed by atoms with Gasteiger partial charge in [-0.2, -0.15) is 9.41 Å². The first-order chi connectivity index (χ1) is 15.9. The fraction of sp³-hybridized carbons (Fsp3) is 0.200. The molecule has 170 valence electrons. The standard InChI is InChI=1S/C25H25N3O4S/c1-19-10-12-21(13-11-19)24(20-6-3-2-4-7-20)26-27-25(29)22-8-5-9-23(18-22)33(30,31)28-14-16-32-17-15-28/h2-13,18H,14-17H2,1H3,(H,27,29)/b26-24-. The molecule has 1 saturated heterocycles. The predicted octanol–water partition coefficient (Wildman–Crippen LogP) is 3.20. The third-order valence-corrected chi connectivity index (χ3v) is 7.24. The summed E-state index contributed by atoms with van der Waals surface area (Å²) in [5, 5.41) is 4.39. The van der Waals surface area contributed by atoms with Crippen molar-refractivity contribution in [3.63, 3.8) is 0 Å². The lowest BCUT2D eigenvalue weighted by atomic mass is 10.0. The highest BCUT2D eigenvalue weighted by atomic mass is 32.2. The molecule has 3 aromatic carbocycles. The number of aryl methyl sites for hydroxylation is 1. The van der Waals surface area contributed by atoms with E-state index in [-0.39, 0.29) is 10.5 Å². The van der Waals surface area contributed by atoms with E-state index in [2.05, 4.69) is 10.5 Å². The molecule has 1 fully saturated rings. The molecule has 1 aliphatic rings. The van der Waals surface area contributed by atoms with Gasteiger partial charge in [-0.05, 0) is 25.1 Å². The molecule has 1 N–H and O–H groups in total. The van der Waals surface area contributed by atoms with Crippen molar-refractivity contribution in [2.75, 3.05) is 26.3 Å². The maximum atomic E-state index is 12.9. The Morgan fingerprint density at radius 3 is 2.21 bits per heavy atom. The summed E-state index contributed by atoms with van der Waals surface area (Å²) >= 11 is 0. The van der Waals surface area contributed by atoms with Crippen molar-refractivity contribution >= 4 is 21.6 Å². The van der Waals surface area contributed by atoms with Crippen molar-refractivity contribution in [1.82, 2.24) is 9.73 Å². The van der Waals surface area contributed by atoms with Crippen LogP contribution in [-0.4, -0.2) is 50.6 Å². The Bertz CT molecular complexity index is 1250. The molecular weight excluding hydrogens is 438 g/mol. The Labute approximate surface area is 193 Å². The molecular formula is C25H25N3O4S. The number of ether oxygens (including phenoxy) is 1. The van der Waals surface area contributed by atoms with Gasteiger partial charge in [0.15, 0.2) is 0 Å². The zero-order valence-corrected chi connectivity index (χ0v) is 19.1. The SMILES string of the molecule is Cc1ccc(/C(=N\NC(=O)c2cccc(S(=O)(=O)N3CCOCC3)c2)c2ccccc2)cc1. The Balaban J connectivity index is 1.60. The molecule has 1 heterocycles. The van der Waals surface area contributed by atoms with E-state index >= 15 is 0 Å². The number of nitrogens with zero attached hydrogens (tertiary/aromatic N) is 2. The number of sulfonamides is 1. The first kappa shape index (κ1) is 22.8. The molecule has 0 bridgehead atoms. The van der Waals surface area contributed by atoms with Crippen LogP contribution in [0.25, 0.3) is 0 Å². The number of nitrogens with one attached hydrogen (secondary N) is 1. The van der Waals surface area contributed by atoms with Crippen molar-refractivity contribution in [1.29, 1.82) is 0 Å². The van der Waals surface area contributed by atoms with E-state index < -0.39 is 15.9 Å². The monoisotopic (exact) mass is 463 g/mol. The van der Waals surface area contributed by atoms with Gasteiger partial charge in [0.25, 0.3) is 5.91 Å². The van der Waals surface area contributed by atoms with Gasteiger partial charge in [0.1, 0.15) is 0 Å². The highest BCUT2D eigenvalue weighted by Gasteiger charge is 2.26. The lowest BCUT2D eigenvalue weighted by Gasteiger charge is -2.26. The lowest BCUT2D eigenvalue weighted by molar-refractivity contribution is 0.0730. The topological polar surface area (TPSA) is 88.1 Å². The minimum absolute atomic E-state index is 0.0721. The molecule has 1 amide bonds. The summed E-state index contributed by atoms with van der Waals surface area (Å²) in [5.74, 6) is -0.491. The van der Waals surface area contributed by atoms with Crippen LogP contribution < -0.4 is 5.43 Å². The van der Waals surface area contributed by atoms with Crippen molar-refractivity contribution in [3.8, 4) is 0 Å². The molecule has 0 aromatic heterocycles. The van der Waals surface area contributed by atoms with E-state index in [9.17, 15) is 13.2 Å². The highest BCUT2D eigenvalue weighted by Crippen LogP contribution is 2.19. The van der Waals surface area contributed by atoms with Crippen molar-refractivity contribution in [2.24, 2.45) is 5.10 Å². The Morgan fingerprint density at radius 1 is 0.879 bits per heavy atom. The first-order valence-corrected chi connectivity index (χ1v) is 12.1. The van der Waals surface area contributed by atoms with Crippen LogP contribution in [0.4, 0.5) is 0 Å². The van der Waals surface area contributed by atoms with E-state index in [1.54, 1.807) is 12.1 Å². The predicted molar refractivity (Wildman–Crippen MR) is 127 cm³/mol. The number of hydrogen-bond donors (Lipinski definition) is 1. The quantitative estimate of drug-likeness (QED) is 0.449. The third-order valence-electron chi connectivity index (χ3n) is 5.35. The normalized spacial score (nSPS) is 15.2. The van der Waals surface area contributed by atoms with Crippen LogP contribution in [0.3, 0.4) is 0 Å². The number of amides is 1. The van der Waals surface area contributed by atoms with Crippen molar-refractivity contribution in [2.45, 2.75) is 11.8 Å². The van der Waals surface area contributed by atoms with Gasteiger partial charge in [-0.15, -0.1) is 0 Å². The summed E-state index contributed by atoms with van der Waals surface area (Å²) in [6, 6.07) is 23.4. The van der Waals surface area contributed by atoms with Crippen molar-refractivity contribution in [3.05, 3.63) is 101 Å². The van der Waals surface area contributed by atoms with Crippen LogP contribution in [0.5, 0.6) is 0 Å². The van der Waals surface area contributed by atoms with Crippen LogP contribution in [-0.2, 0) is 14.8 Å².